The molecule has 1 spiro atoms. The van der Waals surface area contributed by atoms with Gasteiger partial charge in [0.2, 0.25) is 0 Å². The number of piperidine rings is 1. The van der Waals surface area contributed by atoms with Crippen LogP contribution < -0.4 is 0 Å². The molecule has 17 heavy (non-hydrogen) atoms. The summed E-state index contributed by atoms with van der Waals surface area (Å²) in [6, 6.07) is 3.77. The molecule has 2 aliphatic rings. The molecular weight excluding hydrogens is 327 g/mol. The molecule has 1 aromatic rings. The first-order valence-corrected chi connectivity index (χ1v) is 7.17. The maximum Gasteiger partial charge on any atom is 0.272 e. The summed E-state index contributed by atoms with van der Waals surface area (Å²) in [4.78, 5) is 18.4. The molecule has 0 radical (unpaired) electrons. The standard InChI is InChI=1S/C13H15IN2O/c14-10-1-6-15-11(9-10)12(17)16-7-4-13(2-3-13)5-8-16/h1,6,9H,2-5,7-8H2. The second kappa shape index (κ2) is 4.23. The average molecular weight is 342 g/mol. The van der Waals surface area contributed by atoms with Gasteiger partial charge in [-0.1, -0.05) is 0 Å². The van der Waals surface area contributed by atoms with E-state index in [1.54, 1.807) is 6.20 Å². The van der Waals surface area contributed by atoms with Gasteiger partial charge in [0, 0.05) is 22.9 Å². The highest BCUT2D eigenvalue weighted by Gasteiger charge is 2.45. The molecule has 4 heteroatoms. The highest BCUT2D eigenvalue weighted by atomic mass is 127. The Kier molecular flexibility index (Phi) is 2.84. The lowest BCUT2D eigenvalue weighted by molar-refractivity contribution is 0.0672. The summed E-state index contributed by atoms with van der Waals surface area (Å²) < 4.78 is 1.07. The van der Waals surface area contributed by atoms with Crippen molar-refractivity contribution in [2.45, 2.75) is 25.7 Å². The van der Waals surface area contributed by atoms with Gasteiger partial charge in [0.1, 0.15) is 5.69 Å². The van der Waals surface area contributed by atoms with Gasteiger partial charge in [-0.15, -0.1) is 0 Å². The second-order valence-corrected chi connectivity index (χ2v) is 6.40. The van der Waals surface area contributed by atoms with Crippen molar-refractivity contribution < 1.29 is 4.79 Å². The van der Waals surface area contributed by atoms with Crippen LogP contribution in [0.2, 0.25) is 0 Å². The van der Waals surface area contributed by atoms with Gasteiger partial charge >= 0.3 is 0 Å². The summed E-state index contributed by atoms with van der Waals surface area (Å²) in [6.07, 6.45) is 6.82. The van der Waals surface area contributed by atoms with Crippen molar-refractivity contribution in [2.24, 2.45) is 5.41 Å². The predicted molar refractivity (Wildman–Crippen MR) is 73.8 cm³/mol. The zero-order chi connectivity index (χ0) is 11.9. The molecule has 3 nitrogen and oxygen atoms in total. The number of aromatic nitrogens is 1. The number of halogens is 1. The molecule has 1 saturated heterocycles. The molecule has 0 aromatic carbocycles. The Morgan fingerprint density at radius 2 is 2.00 bits per heavy atom. The van der Waals surface area contributed by atoms with Gasteiger partial charge in [-0.25, -0.2) is 0 Å². The van der Waals surface area contributed by atoms with E-state index in [0.29, 0.717) is 11.1 Å². The molecule has 0 atom stereocenters. The largest absolute Gasteiger partial charge is 0.337 e. The Hall–Kier alpha value is -0.650. The monoisotopic (exact) mass is 342 g/mol. The van der Waals surface area contributed by atoms with E-state index in [2.05, 4.69) is 27.6 Å². The number of nitrogens with zero attached hydrogens (tertiary/aromatic N) is 2. The molecule has 3 rings (SSSR count). The van der Waals surface area contributed by atoms with Crippen molar-refractivity contribution in [3.05, 3.63) is 27.6 Å². The van der Waals surface area contributed by atoms with Crippen LogP contribution in [0.1, 0.15) is 36.2 Å². The summed E-state index contributed by atoms with van der Waals surface area (Å²) in [5.74, 6) is 0.0963. The second-order valence-electron chi connectivity index (χ2n) is 5.15. The fourth-order valence-corrected chi connectivity index (χ4v) is 3.00. The summed E-state index contributed by atoms with van der Waals surface area (Å²) in [5, 5.41) is 0. The predicted octanol–water partition coefficient (Wildman–Crippen LogP) is 2.70. The van der Waals surface area contributed by atoms with Crippen LogP contribution in [0.5, 0.6) is 0 Å². The highest BCUT2D eigenvalue weighted by molar-refractivity contribution is 14.1. The maximum atomic E-state index is 12.2. The van der Waals surface area contributed by atoms with Crippen LogP contribution in [0.25, 0.3) is 0 Å². The minimum Gasteiger partial charge on any atom is -0.337 e. The van der Waals surface area contributed by atoms with Crippen LogP contribution in [0.15, 0.2) is 18.3 Å². The lowest BCUT2D eigenvalue weighted by Crippen LogP contribution is -2.39. The van der Waals surface area contributed by atoms with Gasteiger partial charge in [0.05, 0.1) is 0 Å². The molecule has 2 fully saturated rings. The van der Waals surface area contributed by atoms with Gasteiger partial charge in [0.15, 0.2) is 0 Å². The first-order valence-electron chi connectivity index (χ1n) is 6.09. The van der Waals surface area contributed by atoms with Crippen LogP contribution in [-0.2, 0) is 0 Å². The van der Waals surface area contributed by atoms with E-state index in [4.69, 9.17) is 0 Å². The molecule has 0 unspecified atom stereocenters. The van der Waals surface area contributed by atoms with Crippen LogP contribution >= 0.6 is 22.6 Å². The van der Waals surface area contributed by atoms with Crippen LogP contribution in [0, 0.1) is 8.99 Å². The molecular formula is C13H15IN2O. The number of hydrogen-bond donors (Lipinski definition) is 0. The van der Waals surface area contributed by atoms with Crippen LogP contribution in [-0.4, -0.2) is 28.9 Å². The number of pyridine rings is 1. The minimum atomic E-state index is 0.0963. The minimum absolute atomic E-state index is 0.0963. The van der Waals surface area contributed by atoms with Gasteiger partial charge in [-0.2, -0.15) is 0 Å². The van der Waals surface area contributed by atoms with E-state index >= 15 is 0 Å². The number of likely N-dealkylation sites (tertiary alicyclic amines) is 1. The topological polar surface area (TPSA) is 33.2 Å². The lowest BCUT2D eigenvalue weighted by atomic mass is 9.93. The van der Waals surface area contributed by atoms with Gasteiger partial charge in [-0.3, -0.25) is 9.78 Å². The lowest BCUT2D eigenvalue weighted by Gasteiger charge is -2.31. The fourth-order valence-electron chi connectivity index (χ4n) is 2.54. The maximum absolute atomic E-state index is 12.2. The van der Waals surface area contributed by atoms with Crippen molar-refractivity contribution in [1.82, 2.24) is 9.88 Å². The molecule has 0 bridgehead atoms. The molecule has 2 heterocycles. The summed E-state index contributed by atoms with van der Waals surface area (Å²) in [7, 11) is 0. The third-order valence-corrected chi connectivity index (χ3v) is 4.68. The first-order chi connectivity index (χ1) is 8.19. The Morgan fingerprint density at radius 1 is 1.29 bits per heavy atom. The van der Waals surface area contributed by atoms with Crippen molar-refractivity contribution in [3.8, 4) is 0 Å². The number of rotatable bonds is 1. The zero-order valence-corrected chi connectivity index (χ0v) is 11.8. The van der Waals surface area contributed by atoms with Crippen molar-refractivity contribution >= 4 is 28.5 Å². The van der Waals surface area contributed by atoms with E-state index in [0.717, 1.165) is 16.7 Å². The van der Waals surface area contributed by atoms with E-state index in [1.165, 1.54) is 25.7 Å². The number of amides is 1. The number of carbonyl (C=O) groups is 1. The van der Waals surface area contributed by atoms with E-state index in [9.17, 15) is 4.79 Å². The van der Waals surface area contributed by atoms with Crippen molar-refractivity contribution in [2.75, 3.05) is 13.1 Å². The Labute approximate surface area is 115 Å². The number of hydrogen-bond acceptors (Lipinski definition) is 2. The third kappa shape index (κ3) is 2.32. The van der Waals surface area contributed by atoms with Gasteiger partial charge in [-0.05, 0) is 65.8 Å². The van der Waals surface area contributed by atoms with Gasteiger partial charge in [0.25, 0.3) is 5.91 Å². The van der Waals surface area contributed by atoms with E-state index in [-0.39, 0.29) is 5.91 Å². The molecule has 1 aliphatic heterocycles. The van der Waals surface area contributed by atoms with Crippen LogP contribution in [0.3, 0.4) is 0 Å². The smallest absolute Gasteiger partial charge is 0.272 e. The molecule has 90 valence electrons. The molecule has 1 aromatic heterocycles. The molecule has 1 aliphatic carbocycles. The SMILES string of the molecule is O=C(c1cc(I)ccn1)N1CCC2(CC1)CC2. The molecule has 1 amide bonds. The van der Waals surface area contributed by atoms with E-state index in [1.807, 2.05) is 17.0 Å². The van der Waals surface area contributed by atoms with E-state index < -0.39 is 0 Å². The Morgan fingerprint density at radius 3 is 2.59 bits per heavy atom. The Bertz CT molecular complexity index is 446. The van der Waals surface area contributed by atoms with Gasteiger partial charge < -0.3 is 4.90 Å². The quantitative estimate of drug-likeness (QED) is 0.736. The van der Waals surface area contributed by atoms with Crippen molar-refractivity contribution in [1.29, 1.82) is 0 Å². The van der Waals surface area contributed by atoms with Crippen LogP contribution in [0.4, 0.5) is 0 Å². The fraction of sp³-hybridized carbons (Fsp3) is 0.538. The zero-order valence-electron chi connectivity index (χ0n) is 9.66. The highest BCUT2D eigenvalue weighted by Crippen LogP contribution is 2.53. The summed E-state index contributed by atoms with van der Waals surface area (Å²) in [6.45, 7) is 1.82. The molecule has 0 N–H and O–H groups in total. The number of carbonyl (C=O) groups excluding carboxylic acids is 1. The van der Waals surface area contributed by atoms with Crippen molar-refractivity contribution in [3.63, 3.8) is 0 Å². The average Bonchev–Trinajstić information content (AvgIpc) is 3.09. The summed E-state index contributed by atoms with van der Waals surface area (Å²) >= 11 is 2.21. The third-order valence-electron chi connectivity index (χ3n) is 4.01. The normalized spacial score (nSPS) is 21.6. The first kappa shape index (κ1) is 11.4. The summed E-state index contributed by atoms with van der Waals surface area (Å²) in [5.41, 5.74) is 1.21. The molecule has 1 saturated carbocycles. The Balaban J connectivity index is 1.70.